The van der Waals surface area contributed by atoms with Crippen LogP contribution in [-0.2, 0) is 95.6 Å². The van der Waals surface area contributed by atoms with Crippen molar-refractivity contribution in [3.8, 4) is 5.75 Å². The Kier molecular flexibility index (Phi) is 39.4. The van der Waals surface area contributed by atoms with E-state index in [-0.39, 0.29) is 123 Å². The van der Waals surface area contributed by atoms with Gasteiger partial charge in [0.2, 0.25) is 23.7 Å². The van der Waals surface area contributed by atoms with Crippen LogP contribution in [0.4, 0.5) is 17.3 Å². The molecule has 1 aliphatic carbocycles. The van der Waals surface area contributed by atoms with Gasteiger partial charge in [0, 0.05) is 159 Å². The minimum Gasteiger partial charge on any atom is -0.496 e. The van der Waals surface area contributed by atoms with Crippen molar-refractivity contribution in [2.45, 2.75) is 210 Å². The number of Topliss-reactive ketones (excluding diaryl/α,β-unsaturated/α-hetero) is 3. The standard InChI is InChI=1S/C43H56N4O6.C21H35N5O8.C17H17N7O4.C15H23NO8S2/c1-7-40(51)22-26-23-43(38(49)53-6,34-28(14-18-46(24-26)25-40)27-12-9-10-13-31(27)44-34)30-20-29-32(21-33(30)52-5)45(4)35-39(3,50)37(48)41(8-2)15-11-17-47-19-16-42(29,35)36(41)47;1-3-5-14(27)8-12(10-17(29)30)20(34)26-15(6-4-7-25-21(22)23)16(28)9-13(11-18(31)32)19(33)24-2;1-8(16(27)28)21-14(25)9-2-4-10(5-3-9)19-6-11-7-20-13-12(22-11)15(26)24-17(18)23-13;1-9(5-13(19)20)12(18)6-11(15(22)23)8-26-25-4-3-24-14(21)7-16-10(2)17/h9-13,15,20-21,26,35-37,44,48,50-51H,7-8,14,16-19,22-25H2,1-6H3;12-13,15H,3-11H2,1-2H3,(H,24,33)(H,26,34)(H,29,30)(H,31,32)(H4,22,23,25);2-5,7-8,19H,6H2,1H3,(H,21,25)(H,27,28)(H3,18,20,23,24,26);9,11H,3-8H2,1-2H3,(H,16,17)(H,19,20)(H,22,23)/t26-,35+,36+,37+,39+,40+,41-,42+,43+;12-,13-,15-;8-;9-,11-/m1000/s1. The molecule has 16 atom stereocenters. The Bertz CT molecular complexity index is 5700. The second kappa shape index (κ2) is 49.6. The largest absolute Gasteiger partial charge is 0.496 e. The fourth-order valence-corrected chi connectivity index (χ4v) is 22.6. The molecule has 141 heavy (non-hydrogen) atoms. The molecule has 0 radical (unpaired) electrons. The highest BCUT2D eigenvalue weighted by atomic mass is 33.1. The number of nitrogen functional groups attached to an aromatic ring is 1. The number of aliphatic carboxylic acids is 5. The summed E-state index contributed by atoms with van der Waals surface area (Å²) in [4.78, 5) is 207. The third kappa shape index (κ3) is 27.2. The van der Waals surface area contributed by atoms with Gasteiger partial charge < -0.3 is 109 Å². The number of para-hydroxylation sites is 1. The molecule has 6 aromatic rings. The van der Waals surface area contributed by atoms with Crippen LogP contribution in [0.1, 0.15) is 183 Å². The topological polar surface area (TPSA) is 676 Å². The van der Waals surface area contributed by atoms with Gasteiger partial charge in [-0.3, -0.25) is 91.7 Å². The van der Waals surface area contributed by atoms with Crippen molar-refractivity contribution in [3.05, 3.63) is 123 Å². The number of fused-ring (bicyclic) bond motifs is 7. The van der Waals surface area contributed by atoms with Crippen molar-refractivity contribution in [2.75, 3.05) is 108 Å². The molecule has 3 aromatic heterocycles. The number of hydrogen-bond donors (Lipinski definition) is 18. The average Bonchev–Trinajstić information content (AvgIpc) is 1.49. The summed E-state index contributed by atoms with van der Waals surface area (Å²) in [5, 5.41) is 95.3. The average molecular weight is 2000 g/mol. The van der Waals surface area contributed by atoms with Gasteiger partial charge in [0.05, 0.1) is 93.5 Å². The maximum atomic E-state index is 15.2. The lowest BCUT2D eigenvalue weighted by Gasteiger charge is -2.63. The molecule has 1 spiro atoms. The summed E-state index contributed by atoms with van der Waals surface area (Å²) in [7, 11) is 9.02. The molecule has 1 unspecified atom stereocenters. The fraction of sp³-hybridized carbons (Fsp3) is 0.552. The van der Waals surface area contributed by atoms with Gasteiger partial charge in [-0.25, -0.2) is 9.97 Å². The van der Waals surface area contributed by atoms with Crippen LogP contribution in [0.25, 0.3) is 22.1 Å². The first-order chi connectivity index (χ1) is 66.7. The summed E-state index contributed by atoms with van der Waals surface area (Å²) in [6, 6.07) is 16.5. The molecule has 8 heterocycles. The molecular weight excluding hydrogens is 1870 g/mol. The number of guanidine groups is 1. The molecule has 3 aromatic carbocycles. The van der Waals surface area contributed by atoms with Crippen molar-refractivity contribution < 1.29 is 122 Å². The number of carboxylic acids is 5. The number of rotatable bonds is 43. The van der Waals surface area contributed by atoms with Gasteiger partial charge in [-0.2, -0.15) is 4.98 Å². The number of aromatic amines is 2. The van der Waals surface area contributed by atoms with Crippen LogP contribution in [0.2, 0.25) is 0 Å². The highest BCUT2D eigenvalue weighted by Crippen LogP contribution is 2.68. The predicted octanol–water partition coefficient (Wildman–Crippen LogP) is 4.37. The van der Waals surface area contributed by atoms with E-state index in [2.05, 4.69) is 128 Å². The summed E-state index contributed by atoms with van der Waals surface area (Å²) in [5.74, 6) is -13.3. The summed E-state index contributed by atoms with van der Waals surface area (Å²) in [6.07, 6.45) is 7.25. The molecule has 3 fully saturated rings. The number of ketones is 3. The van der Waals surface area contributed by atoms with E-state index in [0.717, 1.165) is 71.6 Å². The van der Waals surface area contributed by atoms with Crippen LogP contribution >= 0.6 is 21.6 Å². The van der Waals surface area contributed by atoms with E-state index in [1.807, 2.05) is 20.0 Å². The molecule has 12 rings (SSSR count). The first-order valence-electron chi connectivity index (χ1n) is 46.7. The van der Waals surface area contributed by atoms with Crippen LogP contribution in [-0.4, -0.2) is 298 Å². The number of carboxylic acid groups (broad SMARTS) is 5. The van der Waals surface area contributed by atoms with Gasteiger partial charge in [-0.05, 0) is 132 Å². The molecule has 768 valence electrons. The van der Waals surface area contributed by atoms with E-state index < -0.39 is 165 Å². The molecule has 2 bridgehead atoms. The number of carbonyl (C=O) groups excluding carboxylic acids is 9. The number of aliphatic imine (C=N–C) groups is 1. The number of nitrogens with zero attached hydrogens (tertiary/aromatic N) is 7. The zero-order chi connectivity index (χ0) is 104. The van der Waals surface area contributed by atoms with E-state index in [1.165, 1.54) is 62.7 Å². The van der Waals surface area contributed by atoms with Crippen molar-refractivity contribution in [1.82, 2.24) is 56.0 Å². The Balaban J connectivity index is 0.000000221. The number of carbonyl (C=O) groups is 14. The first-order valence-corrected chi connectivity index (χ1v) is 49.2. The monoisotopic (exact) mass is 2000 g/mol. The summed E-state index contributed by atoms with van der Waals surface area (Å²) in [6.45, 7) is 16.0. The second-order valence-electron chi connectivity index (χ2n) is 36.8. The number of ether oxygens (including phenoxy) is 3. The van der Waals surface area contributed by atoms with Crippen LogP contribution < -0.4 is 59.0 Å². The van der Waals surface area contributed by atoms with Gasteiger partial charge in [-0.15, -0.1) is 0 Å². The number of nitrogens with two attached hydrogens (primary N) is 3. The van der Waals surface area contributed by atoms with Gasteiger partial charge in [-0.1, -0.05) is 79.6 Å². The van der Waals surface area contributed by atoms with E-state index in [9.17, 15) is 87.5 Å². The summed E-state index contributed by atoms with van der Waals surface area (Å²) in [5.41, 5.74) is 18.2. The molecule has 43 nitrogen and oxygen atoms in total. The number of benzene rings is 3. The molecule has 5 aliphatic heterocycles. The predicted molar refractivity (Wildman–Crippen MR) is 524 cm³/mol. The van der Waals surface area contributed by atoms with Crippen LogP contribution in [0.5, 0.6) is 5.75 Å². The summed E-state index contributed by atoms with van der Waals surface area (Å²) >= 11 is 0. The van der Waals surface area contributed by atoms with Crippen LogP contribution in [0.3, 0.4) is 0 Å². The van der Waals surface area contributed by atoms with Crippen molar-refractivity contribution in [3.63, 3.8) is 0 Å². The lowest BCUT2D eigenvalue weighted by molar-refractivity contribution is -0.190. The molecule has 6 aliphatic rings. The minimum atomic E-state index is -1.44. The summed E-state index contributed by atoms with van der Waals surface area (Å²) < 4.78 is 17.2. The number of aromatic nitrogens is 5. The van der Waals surface area contributed by atoms with E-state index in [1.54, 1.807) is 38.3 Å². The normalized spacial score (nSPS) is 22.9. The number of aliphatic hydroxyl groups is 3. The molecule has 21 N–H and O–H groups in total. The quantitative estimate of drug-likeness (QED) is 0.00631. The maximum absolute atomic E-state index is 15.2. The van der Waals surface area contributed by atoms with Gasteiger partial charge in [0.15, 0.2) is 22.9 Å². The lowest BCUT2D eigenvalue weighted by Crippen LogP contribution is -2.77. The Morgan fingerprint density at radius 2 is 1.45 bits per heavy atom. The SMILES string of the molecule is CC(=O)NCC(=O)OCCSSC[C@H](CC(=O)[C@@H](C)CC(=O)O)C(=O)O.CCCC(=O)C[C@@H](CC(=O)O)C(=O)N[C@@H](CCCN=C(N)N)C(=O)C[C@@H](CC(=O)O)C(=O)NC.CC[C@]1(O)C[C@H]2CN(CCc3c([nH]c4ccccc34)[C@@](C(=O)OC)(c3cc4c(cc3OC)N(C)[C@H]3[C@](C)(O)[C@H](O)[C@]5(CC)C=CCN6CC[C@]43[C@@H]65)C2)C1.C[C@H](NC(=O)c1ccc(NCc2cnc3nc(N)[nH]c(=O)c3n2)cc1)C(=O)O. The molecule has 45 heteroatoms. The first kappa shape index (κ1) is 112. The molecular formula is C96H131N17O26S2. The highest BCUT2D eigenvalue weighted by molar-refractivity contribution is 8.76. The number of nitrogens with one attached hydrogen (secondary N) is 7. The van der Waals surface area contributed by atoms with Crippen LogP contribution in [0, 0.1) is 35.0 Å². The van der Waals surface area contributed by atoms with Crippen LogP contribution in [0.15, 0.2) is 88.8 Å². The van der Waals surface area contributed by atoms with Crippen molar-refractivity contribution >= 4 is 150 Å². The molecule has 2 saturated heterocycles. The molecule has 4 amide bonds. The van der Waals surface area contributed by atoms with Gasteiger partial charge >= 0.3 is 41.8 Å². The zero-order valence-electron chi connectivity index (χ0n) is 81.0. The Morgan fingerprint density at radius 3 is 2.08 bits per heavy atom. The molecule has 1 saturated carbocycles. The zero-order valence-corrected chi connectivity index (χ0v) is 82.6. The number of H-pyrrole nitrogens is 2. The number of amides is 4. The van der Waals surface area contributed by atoms with E-state index in [0.29, 0.717) is 73.5 Å². The fourth-order valence-electron chi connectivity index (χ4n) is 20.4. The highest BCUT2D eigenvalue weighted by Gasteiger charge is 2.76. The number of hydrogen-bond acceptors (Lipinski definition) is 32. The number of methoxy groups -OCH3 is 2. The Morgan fingerprint density at radius 1 is 0.773 bits per heavy atom. The van der Waals surface area contributed by atoms with Gasteiger partial charge in [0.1, 0.15) is 47.5 Å². The van der Waals surface area contributed by atoms with Gasteiger partial charge in [0.25, 0.3) is 11.5 Å². The number of esters is 2. The number of piperidine rings is 1. The Labute approximate surface area is 822 Å². The second-order valence-corrected chi connectivity index (χ2v) is 39.4. The smallest absolute Gasteiger partial charge is 0.325 e. The Hall–Kier alpha value is -12.7. The minimum absolute atomic E-state index is 0.0135. The third-order valence-corrected chi connectivity index (χ3v) is 29.4. The van der Waals surface area contributed by atoms with E-state index in [4.69, 9.17) is 51.8 Å². The third-order valence-electron chi connectivity index (χ3n) is 27.0. The number of anilines is 3. The van der Waals surface area contributed by atoms with Crippen molar-refractivity contribution in [2.24, 2.45) is 51.5 Å². The maximum Gasteiger partial charge on any atom is 0.325 e. The van der Waals surface area contributed by atoms with E-state index >= 15 is 4.79 Å². The lowest BCUT2D eigenvalue weighted by atomic mass is 9.48. The number of likely N-dealkylation sites (N-methyl/N-ethyl adjacent to an activating group) is 1. The van der Waals surface area contributed by atoms with Crippen molar-refractivity contribution in [1.29, 1.82) is 0 Å². The number of aliphatic hydroxyl groups excluding tert-OH is 1.